The molecule has 4 rings (SSSR count). The highest BCUT2D eigenvalue weighted by atomic mass is 19.1. The fourth-order valence-electron chi connectivity index (χ4n) is 3.64. The molecule has 0 radical (unpaired) electrons. The number of non-ortho nitro benzene ring substituents is 1. The van der Waals surface area contributed by atoms with Crippen molar-refractivity contribution in [2.24, 2.45) is 0 Å². The predicted molar refractivity (Wildman–Crippen MR) is 99.7 cm³/mol. The van der Waals surface area contributed by atoms with Gasteiger partial charge in [-0.25, -0.2) is 13.7 Å². The zero-order chi connectivity index (χ0) is 20.7. The van der Waals surface area contributed by atoms with E-state index in [-0.39, 0.29) is 22.6 Å². The van der Waals surface area contributed by atoms with Crippen LogP contribution in [-0.4, -0.2) is 34.7 Å². The fourth-order valence-corrected chi connectivity index (χ4v) is 3.64. The third-order valence-electron chi connectivity index (χ3n) is 5.00. The molecule has 0 atom stereocenters. The molecule has 0 spiro atoms. The van der Waals surface area contributed by atoms with Gasteiger partial charge in [0.25, 0.3) is 17.5 Å². The highest BCUT2D eigenvalue weighted by Gasteiger charge is 2.43. The van der Waals surface area contributed by atoms with E-state index in [0.29, 0.717) is 29.6 Å². The van der Waals surface area contributed by atoms with Crippen LogP contribution in [0.1, 0.15) is 18.4 Å². The molecule has 29 heavy (non-hydrogen) atoms. The average Bonchev–Trinajstić information content (AvgIpc) is 3.29. The number of likely N-dealkylation sites (tertiary alicyclic amines) is 1. The summed E-state index contributed by atoms with van der Waals surface area (Å²) in [5, 5.41) is 10.9. The Bertz CT molecular complexity index is 1060. The minimum atomic E-state index is -1.03. The number of nitrogens with zero attached hydrogens (tertiary/aromatic N) is 3. The van der Waals surface area contributed by atoms with E-state index in [9.17, 15) is 28.5 Å². The van der Waals surface area contributed by atoms with Gasteiger partial charge in [0, 0.05) is 31.3 Å². The van der Waals surface area contributed by atoms with E-state index in [1.165, 1.54) is 24.3 Å². The number of anilines is 1. The summed E-state index contributed by atoms with van der Waals surface area (Å²) in [7, 11) is 0. The topological polar surface area (TPSA) is 83.8 Å². The fraction of sp³-hybridized carbons (Fsp3) is 0.200. The minimum absolute atomic E-state index is 0.0514. The highest BCUT2D eigenvalue weighted by molar-refractivity contribution is 6.45. The molecule has 0 N–H and O–H groups in total. The number of carbonyl (C=O) groups excluding carboxylic acids is 2. The van der Waals surface area contributed by atoms with E-state index in [4.69, 9.17) is 0 Å². The van der Waals surface area contributed by atoms with Crippen LogP contribution in [0, 0.1) is 21.7 Å². The minimum Gasteiger partial charge on any atom is -0.366 e. The maximum absolute atomic E-state index is 14.3. The third kappa shape index (κ3) is 3.14. The Labute approximate surface area is 164 Å². The number of nitro benzene ring substituents is 1. The van der Waals surface area contributed by atoms with Gasteiger partial charge in [0.05, 0.1) is 16.2 Å². The van der Waals surface area contributed by atoms with Crippen molar-refractivity contribution in [2.45, 2.75) is 12.8 Å². The second-order valence-corrected chi connectivity index (χ2v) is 6.76. The van der Waals surface area contributed by atoms with Crippen molar-refractivity contribution in [1.82, 2.24) is 4.90 Å². The van der Waals surface area contributed by atoms with Crippen molar-refractivity contribution >= 4 is 28.8 Å². The molecule has 2 aliphatic heterocycles. The van der Waals surface area contributed by atoms with Crippen LogP contribution in [0.25, 0.3) is 5.57 Å². The molecule has 0 unspecified atom stereocenters. The Balaban J connectivity index is 1.83. The first kappa shape index (κ1) is 18.7. The van der Waals surface area contributed by atoms with Gasteiger partial charge in [-0.3, -0.25) is 19.7 Å². The van der Waals surface area contributed by atoms with Crippen molar-refractivity contribution in [1.29, 1.82) is 0 Å². The molecule has 2 amide bonds. The number of imide groups is 1. The molecule has 0 bridgehead atoms. The van der Waals surface area contributed by atoms with Gasteiger partial charge >= 0.3 is 0 Å². The molecule has 9 heteroatoms. The maximum Gasteiger partial charge on any atom is 0.282 e. The number of carbonyl (C=O) groups is 2. The van der Waals surface area contributed by atoms with E-state index in [1.54, 1.807) is 4.90 Å². The Hall–Kier alpha value is -3.62. The SMILES string of the molecule is O=C1C(c2ccc([N+](=O)[O-])cc2)=C(N2CCCC2)C(=O)N1c1ccc(F)cc1F. The van der Waals surface area contributed by atoms with Crippen LogP contribution in [0.4, 0.5) is 20.2 Å². The lowest BCUT2D eigenvalue weighted by atomic mass is 10.0. The molecule has 2 aromatic rings. The Kier molecular flexibility index (Phi) is 4.57. The molecule has 0 saturated carbocycles. The van der Waals surface area contributed by atoms with Crippen molar-refractivity contribution in [3.63, 3.8) is 0 Å². The van der Waals surface area contributed by atoms with Gasteiger partial charge in [-0.2, -0.15) is 0 Å². The molecule has 7 nitrogen and oxygen atoms in total. The van der Waals surface area contributed by atoms with Crippen LogP contribution >= 0.6 is 0 Å². The molecule has 0 aliphatic carbocycles. The number of hydrogen-bond acceptors (Lipinski definition) is 5. The van der Waals surface area contributed by atoms with Crippen molar-refractivity contribution in [3.8, 4) is 0 Å². The van der Waals surface area contributed by atoms with Gasteiger partial charge in [-0.1, -0.05) is 0 Å². The van der Waals surface area contributed by atoms with Gasteiger partial charge in [0.15, 0.2) is 0 Å². The maximum atomic E-state index is 14.3. The molecule has 2 aromatic carbocycles. The smallest absolute Gasteiger partial charge is 0.282 e. The number of hydrogen-bond donors (Lipinski definition) is 0. The first-order chi connectivity index (χ1) is 13.9. The summed E-state index contributed by atoms with van der Waals surface area (Å²) in [5.74, 6) is -3.31. The highest BCUT2D eigenvalue weighted by Crippen LogP contribution is 2.37. The van der Waals surface area contributed by atoms with Crippen molar-refractivity contribution < 1.29 is 23.3 Å². The van der Waals surface area contributed by atoms with Crippen LogP contribution in [0.3, 0.4) is 0 Å². The summed E-state index contributed by atoms with van der Waals surface area (Å²) in [6.45, 7) is 1.12. The summed E-state index contributed by atoms with van der Waals surface area (Å²) >= 11 is 0. The molecule has 148 valence electrons. The van der Waals surface area contributed by atoms with Crippen LogP contribution in [0.5, 0.6) is 0 Å². The molecule has 1 fully saturated rings. The molecule has 2 aliphatic rings. The van der Waals surface area contributed by atoms with Gasteiger partial charge < -0.3 is 4.90 Å². The van der Waals surface area contributed by atoms with E-state index >= 15 is 0 Å². The summed E-state index contributed by atoms with van der Waals surface area (Å²) in [6, 6.07) is 7.87. The normalized spacial score (nSPS) is 16.9. The van der Waals surface area contributed by atoms with Crippen LogP contribution < -0.4 is 4.90 Å². The van der Waals surface area contributed by atoms with Gasteiger partial charge in [-0.05, 0) is 42.7 Å². The van der Waals surface area contributed by atoms with Gasteiger partial charge in [-0.15, -0.1) is 0 Å². The molecular weight excluding hydrogens is 384 g/mol. The molecule has 2 heterocycles. The third-order valence-corrected chi connectivity index (χ3v) is 5.00. The van der Waals surface area contributed by atoms with Crippen LogP contribution in [-0.2, 0) is 9.59 Å². The molecule has 0 aromatic heterocycles. The lowest BCUT2D eigenvalue weighted by Crippen LogP contribution is -2.35. The van der Waals surface area contributed by atoms with E-state index < -0.39 is 28.4 Å². The molecular formula is C20H15F2N3O4. The standard InChI is InChI=1S/C20H15F2N3O4/c21-13-5-8-16(15(22)11-13)24-19(26)17(12-3-6-14(7-4-12)25(28)29)18(20(24)27)23-9-1-2-10-23/h3-8,11H,1-2,9-10H2. The lowest BCUT2D eigenvalue weighted by molar-refractivity contribution is -0.384. The Morgan fingerprint density at radius 3 is 2.17 bits per heavy atom. The van der Waals surface area contributed by atoms with E-state index in [1.807, 2.05) is 0 Å². The lowest BCUT2D eigenvalue weighted by Gasteiger charge is -2.20. The number of rotatable bonds is 4. The van der Waals surface area contributed by atoms with Crippen LogP contribution in [0.2, 0.25) is 0 Å². The summed E-state index contributed by atoms with van der Waals surface area (Å²) in [4.78, 5) is 39.1. The van der Waals surface area contributed by atoms with Gasteiger partial charge in [0.1, 0.15) is 17.3 Å². The number of nitro groups is 1. The number of amides is 2. The second kappa shape index (κ2) is 7.08. The second-order valence-electron chi connectivity index (χ2n) is 6.76. The summed E-state index contributed by atoms with van der Waals surface area (Å²) in [5.41, 5.74) is 0.00626. The quantitative estimate of drug-likeness (QED) is 0.448. The van der Waals surface area contributed by atoms with Crippen LogP contribution in [0.15, 0.2) is 48.2 Å². The summed E-state index contributed by atoms with van der Waals surface area (Å²) in [6.07, 6.45) is 1.67. The first-order valence-electron chi connectivity index (χ1n) is 8.96. The Morgan fingerprint density at radius 1 is 0.931 bits per heavy atom. The largest absolute Gasteiger partial charge is 0.366 e. The average molecular weight is 399 g/mol. The van der Waals surface area contributed by atoms with E-state index in [0.717, 1.165) is 25.0 Å². The first-order valence-corrected chi connectivity index (χ1v) is 8.96. The number of halogens is 2. The predicted octanol–water partition coefficient (Wildman–Crippen LogP) is 3.25. The Morgan fingerprint density at radius 2 is 1.59 bits per heavy atom. The molecule has 1 saturated heterocycles. The zero-order valence-corrected chi connectivity index (χ0v) is 15.1. The summed E-state index contributed by atoms with van der Waals surface area (Å²) < 4.78 is 27.6. The monoisotopic (exact) mass is 399 g/mol. The van der Waals surface area contributed by atoms with Crippen molar-refractivity contribution in [3.05, 3.63) is 75.5 Å². The van der Waals surface area contributed by atoms with Crippen molar-refractivity contribution in [2.75, 3.05) is 18.0 Å². The zero-order valence-electron chi connectivity index (χ0n) is 15.1. The van der Waals surface area contributed by atoms with E-state index in [2.05, 4.69) is 0 Å². The number of benzene rings is 2. The van der Waals surface area contributed by atoms with Gasteiger partial charge in [0.2, 0.25) is 0 Å².